The van der Waals surface area contributed by atoms with E-state index in [0.29, 0.717) is 17.8 Å². The Kier molecular flexibility index (Phi) is 6.31. The van der Waals surface area contributed by atoms with Gasteiger partial charge in [0, 0.05) is 23.5 Å². The highest BCUT2D eigenvalue weighted by Crippen LogP contribution is 2.43. The van der Waals surface area contributed by atoms with Crippen molar-refractivity contribution in [3.63, 3.8) is 0 Å². The van der Waals surface area contributed by atoms with Crippen LogP contribution in [0.25, 0.3) is 0 Å². The summed E-state index contributed by atoms with van der Waals surface area (Å²) in [4.78, 5) is 25.2. The van der Waals surface area contributed by atoms with Crippen molar-refractivity contribution in [1.82, 2.24) is 0 Å². The summed E-state index contributed by atoms with van der Waals surface area (Å²) in [5.41, 5.74) is 7.00. The molecule has 27 heavy (non-hydrogen) atoms. The fraction of sp³-hybridized carbons (Fsp3) is 0.429. The van der Waals surface area contributed by atoms with E-state index >= 15 is 0 Å². The molecule has 0 amide bonds. The number of rotatable bonds is 6. The second kappa shape index (κ2) is 8.29. The van der Waals surface area contributed by atoms with E-state index < -0.39 is 17.3 Å². The fourth-order valence-corrected chi connectivity index (χ4v) is 3.32. The van der Waals surface area contributed by atoms with Crippen molar-refractivity contribution in [3.05, 3.63) is 47.4 Å². The van der Waals surface area contributed by atoms with Crippen molar-refractivity contribution in [2.75, 3.05) is 18.2 Å². The molecule has 0 aromatic heterocycles. The number of Topliss-reactive ketones (excluding diaryl/α,β-unsaturated/α-hetero) is 1. The number of hydrogen-bond donors (Lipinski definition) is 3. The number of hydrogen-bond acceptors (Lipinski definition) is 6. The quantitative estimate of drug-likeness (QED) is 0.516. The summed E-state index contributed by atoms with van der Waals surface area (Å²) in [7, 11) is 1.28. The molecule has 0 aliphatic heterocycles. The van der Waals surface area contributed by atoms with Crippen molar-refractivity contribution in [1.29, 1.82) is 0 Å². The molecule has 0 saturated heterocycles. The third-order valence-electron chi connectivity index (χ3n) is 4.74. The van der Waals surface area contributed by atoms with Crippen LogP contribution in [-0.4, -0.2) is 24.0 Å². The minimum atomic E-state index is -0.895. The smallest absolute Gasteiger partial charge is 0.316 e. The van der Waals surface area contributed by atoms with E-state index in [1.165, 1.54) is 7.11 Å². The Morgan fingerprint density at radius 2 is 2.00 bits per heavy atom. The van der Waals surface area contributed by atoms with Crippen molar-refractivity contribution in [2.24, 2.45) is 11.3 Å². The van der Waals surface area contributed by atoms with E-state index in [2.05, 4.69) is 5.32 Å². The van der Waals surface area contributed by atoms with E-state index in [9.17, 15) is 14.7 Å². The Labute approximate surface area is 160 Å². The molecule has 1 aliphatic rings. The van der Waals surface area contributed by atoms with Crippen LogP contribution in [0.4, 0.5) is 11.4 Å². The zero-order valence-corrected chi connectivity index (χ0v) is 16.3. The van der Waals surface area contributed by atoms with Gasteiger partial charge in [-0.15, -0.1) is 0 Å². The fourth-order valence-electron chi connectivity index (χ4n) is 3.32. The van der Waals surface area contributed by atoms with Gasteiger partial charge in [0.1, 0.15) is 11.7 Å². The number of anilines is 2. The number of methoxy groups -OCH3 is 1. The number of esters is 1. The van der Waals surface area contributed by atoms with Crippen molar-refractivity contribution >= 4 is 23.1 Å². The van der Waals surface area contributed by atoms with E-state index in [0.717, 1.165) is 12.1 Å². The molecule has 146 valence electrons. The van der Waals surface area contributed by atoms with Gasteiger partial charge in [0.05, 0.1) is 12.7 Å². The van der Waals surface area contributed by atoms with Crippen LogP contribution in [0.5, 0.6) is 0 Å². The van der Waals surface area contributed by atoms with Gasteiger partial charge in [-0.1, -0.05) is 33.3 Å². The first kappa shape index (κ1) is 20.6. The number of aliphatic hydroxyl groups excluding tert-OH is 1. The molecule has 0 heterocycles. The summed E-state index contributed by atoms with van der Waals surface area (Å²) < 4.78 is 4.87. The number of nitrogen functional groups attached to an aromatic ring is 1. The lowest BCUT2D eigenvalue weighted by atomic mass is 9.68. The summed E-state index contributed by atoms with van der Waals surface area (Å²) in [5, 5.41) is 14.1. The number of allylic oxidation sites excluding steroid dienone is 2. The monoisotopic (exact) mass is 372 g/mol. The maximum absolute atomic E-state index is 12.9. The van der Waals surface area contributed by atoms with Crippen LogP contribution >= 0.6 is 0 Å². The number of benzene rings is 1. The van der Waals surface area contributed by atoms with Crippen LogP contribution in [-0.2, 0) is 14.3 Å². The first-order valence-electron chi connectivity index (χ1n) is 9.08. The van der Waals surface area contributed by atoms with Crippen LogP contribution < -0.4 is 11.1 Å². The topological polar surface area (TPSA) is 102 Å². The molecule has 0 saturated carbocycles. The van der Waals surface area contributed by atoms with Gasteiger partial charge in [-0.05, 0) is 36.1 Å². The summed E-state index contributed by atoms with van der Waals surface area (Å²) in [6.45, 7) is 5.58. The number of nitrogens with one attached hydrogen (secondary N) is 1. The highest BCUT2D eigenvalue weighted by molar-refractivity contribution is 6.03. The summed E-state index contributed by atoms with van der Waals surface area (Å²) in [6.07, 6.45) is 3.60. The molecule has 4 N–H and O–H groups in total. The maximum atomic E-state index is 12.9. The predicted octanol–water partition coefficient (Wildman–Crippen LogP) is 3.97. The standard InChI is InChI=1S/C21H28N2O4/c1-5-6-7-15(23-14-10-8-13(22)9-11-14)17-16(24)12-21(2,3)18(19(17)25)20(26)27-4/h7-11,18,23,25H,5-6,12,22H2,1-4H3/b15-7+/t18-/m0/s1. The Balaban J connectivity index is 2.52. The molecular formula is C21H28N2O4. The van der Waals surface area contributed by atoms with E-state index in [1.54, 1.807) is 38.1 Å². The number of carbonyl (C=O) groups is 2. The van der Waals surface area contributed by atoms with Crippen LogP contribution in [0.3, 0.4) is 0 Å². The normalized spacial score (nSPS) is 19.8. The predicted molar refractivity (Wildman–Crippen MR) is 106 cm³/mol. The van der Waals surface area contributed by atoms with Gasteiger partial charge in [-0.3, -0.25) is 9.59 Å². The number of aliphatic hydroxyl groups is 1. The van der Waals surface area contributed by atoms with E-state index in [-0.39, 0.29) is 23.5 Å². The molecule has 6 heteroatoms. The molecule has 0 spiro atoms. The third kappa shape index (κ3) is 4.51. The van der Waals surface area contributed by atoms with Gasteiger partial charge in [0.2, 0.25) is 0 Å². The maximum Gasteiger partial charge on any atom is 0.316 e. The lowest BCUT2D eigenvalue weighted by Crippen LogP contribution is -2.41. The largest absolute Gasteiger partial charge is 0.511 e. The highest BCUT2D eigenvalue weighted by Gasteiger charge is 2.47. The number of carbonyl (C=O) groups excluding carboxylic acids is 2. The van der Waals surface area contributed by atoms with Gasteiger partial charge < -0.3 is 20.9 Å². The Morgan fingerprint density at radius 3 is 2.56 bits per heavy atom. The molecule has 1 atom stereocenters. The minimum Gasteiger partial charge on any atom is -0.511 e. The molecular weight excluding hydrogens is 344 g/mol. The molecule has 2 rings (SSSR count). The average Bonchev–Trinajstić information content (AvgIpc) is 2.59. The first-order chi connectivity index (χ1) is 12.7. The van der Waals surface area contributed by atoms with Gasteiger partial charge in [-0.25, -0.2) is 0 Å². The Bertz CT molecular complexity index is 776. The van der Waals surface area contributed by atoms with E-state index in [4.69, 9.17) is 10.5 Å². The van der Waals surface area contributed by atoms with Crippen LogP contribution in [0, 0.1) is 11.3 Å². The van der Waals surface area contributed by atoms with Crippen molar-refractivity contribution < 1.29 is 19.4 Å². The van der Waals surface area contributed by atoms with Gasteiger partial charge in [-0.2, -0.15) is 0 Å². The van der Waals surface area contributed by atoms with Gasteiger partial charge in [0.15, 0.2) is 5.78 Å². The zero-order chi connectivity index (χ0) is 20.2. The number of unbranched alkanes of at least 4 members (excludes halogenated alkanes) is 1. The van der Waals surface area contributed by atoms with Crippen molar-refractivity contribution in [3.8, 4) is 0 Å². The van der Waals surface area contributed by atoms with Crippen LogP contribution in [0.2, 0.25) is 0 Å². The van der Waals surface area contributed by atoms with Gasteiger partial charge in [0.25, 0.3) is 0 Å². The zero-order valence-electron chi connectivity index (χ0n) is 16.3. The van der Waals surface area contributed by atoms with Crippen LogP contribution in [0.15, 0.2) is 47.4 Å². The highest BCUT2D eigenvalue weighted by atomic mass is 16.5. The van der Waals surface area contributed by atoms with E-state index in [1.807, 2.05) is 13.0 Å². The molecule has 1 aliphatic carbocycles. The summed E-state index contributed by atoms with van der Waals surface area (Å²) in [6, 6.07) is 7.08. The molecule has 0 fully saturated rings. The number of nitrogens with two attached hydrogens (primary N) is 1. The summed E-state index contributed by atoms with van der Waals surface area (Å²) in [5.74, 6) is -1.89. The number of ether oxygens (including phenoxy) is 1. The third-order valence-corrected chi connectivity index (χ3v) is 4.74. The Hall–Kier alpha value is -2.76. The van der Waals surface area contributed by atoms with Crippen LogP contribution in [0.1, 0.15) is 40.0 Å². The molecule has 6 nitrogen and oxygen atoms in total. The molecule has 1 aromatic carbocycles. The minimum absolute atomic E-state index is 0.138. The first-order valence-corrected chi connectivity index (χ1v) is 9.08. The molecule has 1 aromatic rings. The molecule has 0 radical (unpaired) electrons. The second-order valence-corrected chi connectivity index (χ2v) is 7.46. The lowest BCUT2D eigenvalue weighted by Gasteiger charge is -2.36. The lowest BCUT2D eigenvalue weighted by molar-refractivity contribution is -0.150. The second-order valence-electron chi connectivity index (χ2n) is 7.46. The summed E-state index contributed by atoms with van der Waals surface area (Å²) >= 11 is 0. The molecule has 0 unspecified atom stereocenters. The average molecular weight is 372 g/mol. The van der Waals surface area contributed by atoms with Gasteiger partial charge >= 0.3 is 5.97 Å². The SMILES string of the molecule is CCC/C=C(/Nc1ccc(N)cc1)C1=C(O)[C@@H](C(=O)OC)C(C)(C)CC1=O. The Morgan fingerprint density at radius 1 is 1.37 bits per heavy atom. The van der Waals surface area contributed by atoms with Crippen molar-refractivity contribution in [2.45, 2.75) is 40.0 Å². The number of ketones is 1. The molecule has 0 bridgehead atoms.